The minimum absolute atomic E-state index is 0.00245. The van der Waals surface area contributed by atoms with Crippen LogP contribution in [0.1, 0.15) is 41.6 Å². The number of hydrogen-bond acceptors (Lipinski definition) is 7. The van der Waals surface area contributed by atoms with Crippen LogP contribution in [0.4, 0.5) is 5.13 Å². The molecule has 0 saturated carbocycles. The largest absolute Gasteiger partial charge is 0.507 e. The quantitative estimate of drug-likeness (QED) is 0.171. The van der Waals surface area contributed by atoms with Gasteiger partial charge < -0.3 is 14.6 Å². The molecule has 4 aromatic rings. The van der Waals surface area contributed by atoms with Crippen LogP contribution in [0.3, 0.4) is 0 Å². The Hall–Kier alpha value is -4.17. The van der Waals surface area contributed by atoms with Crippen molar-refractivity contribution in [1.29, 1.82) is 0 Å². The number of rotatable bonds is 7. The van der Waals surface area contributed by atoms with E-state index in [9.17, 15) is 14.7 Å². The first-order chi connectivity index (χ1) is 18.3. The summed E-state index contributed by atoms with van der Waals surface area (Å²) in [5.74, 6) is -0.480. The summed E-state index contributed by atoms with van der Waals surface area (Å²) in [5, 5.41) is 11.9. The highest BCUT2D eigenvalue weighted by molar-refractivity contribution is 7.22. The molecule has 7 nitrogen and oxygen atoms in total. The third-order valence-corrected chi connectivity index (χ3v) is 7.52. The molecule has 0 aliphatic carbocycles. The summed E-state index contributed by atoms with van der Waals surface area (Å²) in [6.07, 6.45) is 0.838. The number of aliphatic hydroxyl groups excluding tert-OH is 1. The Bertz CT molecular complexity index is 1590. The van der Waals surface area contributed by atoms with E-state index < -0.39 is 17.7 Å². The Morgan fingerprint density at radius 3 is 2.63 bits per heavy atom. The van der Waals surface area contributed by atoms with Crippen LogP contribution in [0.25, 0.3) is 16.0 Å². The number of amides is 1. The van der Waals surface area contributed by atoms with Crippen LogP contribution >= 0.6 is 11.3 Å². The summed E-state index contributed by atoms with van der Waals surface area (Å²) in [5.41, 5.74) is 3.66. The number of ether oxygens (including phenoxy) is 2. The molecule has 2 heterocycles. The van der Waals surface area contributed by atoms with Gasteiger partial charge in [-0.2, -0.15) is 0 Å². The lowest BCUT2D eigenvalue weighted by Gasteiger charge is -2.23. The van der Waals surface area contributed by atoms with E-state index in [1.165, 1.54) is 16.2 Å². The summed E-state index contributed by atoms with van der Waals surface area (Å²) in [6.45, 7) is 6.39. The van der Waals surface area contributed by atoms with Crippen molar-refractivity contribution < 1.29 is 24.2 Å². The summed E-state index contributed by atoms with van der Waals surface area (Å²) >= 11 is 1.34. The Balaban J connectivity index is 1.71. The summed E-state index contributed by atoms with van der Waals surface area (Å²) < 4.78 is 12.1. The first-order valence-corrected chi connectivity index (χ1v) is 13.2. The van der Waals surface area contributed by atoms with Crippen LogP contribution in [0, 0.1) is 13.8 Å². The highest BCUT2D eigenvalue weighted by Crippen LogP contribution is 2.45. The molecule has 0 spiro atoms. The van der Waals surface area contributed by atoms with E-state index in [1.54, 1.807) is 25.3 Å². The number of ketones is 1. The molecule has 3 aromatic carbocycles. The standard InChI is InChI=1S/C30H28N2O5S/c1-5-13-37-21-8-6-7-19(16-21)26-25(27(33)20-10-12-23(36-4)18(3)15-20)28(34)29(35)32(26)30-31-22-11-9-17(2)14-24(22)38-30/h6-12,14-16,26,33H,5,13H2,1-4H3/b27-25+/t26-/m1/s1. The number of aliphatic hydroxyl groups is 1. The molecular formula is C30H28N2O5S. The molecule has 1 amide bonds. The van der Waals surface area contributed by atoms with Gasteiger partial charge >= 0.3 is 5.91 Å². The van der Waals surface area contributed by atoms with E-state index in [1.807, 2.05) is 63.2 Å². The lowest BCUT2D eigenvalue weighted by molar-refractivity contribution is -0.132. The Morgan fingerprint density at radius 1 is 1.08 bits per heavy atom. The van der Waals surface area contributed by atoms with Crippen molar-refractivity contribution in [3.63, 3.8) is 0 Å². The van der Waals surface area contributed by atoms with Crippen LogP contribution in [-0.2, 0) is 9.59 Å². The Kier molecular flexibility index (Phi) is 6.91. The van der Waals surface area contributed by atoms with E-state index in [0.29, 0.717) is 34.4 Å². The van der Waals surface area contributed by atoms with Gasteiger partial charge in [0, 0.05) is 5.56 Å². The number of benzene rings is 3. The number of carbonyl (C=O) groups is 2. The number of carbonyl (C=O) groups excluding carboxylic acids is 2. The number of nitrogens with zero attached hydrogens (tertiary/aromatic N) is 2. The fourth-order valence-corrected chi connectivity index (χ4v) is 5.73. The zero-order valence-electron chi connectivity index (χ0n) is 21.6. The van der Waals surface area contributed by atoms with Crippen LogP contribution in [0.2, 0.25) is 0 Å². The molecule has 8 heteroatoms. The molecule has 38 heavy (non-hydrogen) atoms. The molecule has 1 aliphatic rings. The molecule has 1 aliphatic heterocycles. The van der Waals surface area contributed by atoms with Gasteiger partial charge in [-0.15, -0.1) is 0 Å². The predicted molar refractivity (Wildman–Crippen MR) is 149 cm³/mol. The molecule has 0 unspecified atom stereocenters. The SMILES string of the molecule is CCCOc1cccc([C@@H]2/C(=C(\O)c3ccc(OC)c(C)c3)C(=O)C(=O)N2c2nc3ccc(C)cc3s2)c1. The van der Waals surface area contributed by atoms with Crippen LogP contribution in [-0.4, -0.2) is 35.5 Å². The number of thiazole rings is 1. The first kappa shape index (κ1) is 25.5. The molecule has 1 saturated heterocycles. The van der Waals surface area contributed by atoms with E-state index >= 15 is 0 Å². The van der Waals surface area contributed by atoms with Crippen LogP contribution in [0.5, 0.6) is 11.5 Å². The highest BCUT2D eigenvalue weighted by atomic mass is 32.1. The molecule has 194 valence electrons. The monoisotopic (exact) mass is 528 g/mol. The molecule has 1 aromatic heterocycles. The van der Waals surface area contributed by atoms with E-state index in [0.717, 1.165) is 27.8 Å². The minimum Gasteiger partial charge on any atom is -0.507 e. The number of anilines is 1. The van der Waals surface area contributed by atoms with Crippen LogP contribution < -0.4 is 14.4 Å². The van der Waals surface area contributed by atoms with Crippen molar-refractivity contribution in [3.8, 4) is 11.5 Å². The van der Waals surface area contributed by atoms with E-state index in [4.69, 9.17) is 14.5 Å². The average molecular weight is 529 g/mol. The minimum atomic E-state index is -0.885. The smallest absolute Gasteiger partial charge is 0.301 e. The Labute approximate surface area is 225 Å². The molecule has 0 radical (unpaired) electrons. The predicted octanol–water partition coefficient (Wildman–Crippen LogP) is 6.34. The van der Waals surface area contributed by atoms with E-state index in [2.05, 4.69) is 0 Å². The number of hydrogen-bond donors (Lipinski definition) is 1. The normalized spacial score (nSPS) is 16.8. The van der Waals surface area contributed by atoms with Gasteiger partial charge in [-0.05, 0) is 79.4 Å². The van der Waals surface area contributed by atoms with E-state index in [-0.39, 0.29) is 11.3 Å². The number of Topliss-reactive ketones (excluding diaryl/α,β-unsaturated/α-hetero) is 1. The molecule has 5 rings (SSSR count). The second-order valence-electron chi connectivity index (χ2n) is 9.24. The number of methoxy groups -OCH3 is 1. The van der Waals surface area contributed by atoms with Crippen LogP contribution in [0.15, 0.2) is 66.2 Å². The maximum Gasteiger partial charge on any atom is 0.301 e. The topological polar surface area (TPSA) is 89.0 Å². The van der Waals surface area contributed by atoms with Gasteiger partial charge in [-0.25, -0.2) is 4.98 Å². The fraction of sp³-hybridized carbons (Fsp3) is 0.233. The lowest BCUT2D eigenvalue weighted by atomic mass is 9.94. The van der Waals surface area contributed by atoms with Crippen molar-refractivity contribution in [1.82, 2.24) is 4.98 Å². The fourth-order valence-electron chi connectivity index (χ4n) is 4.64. The van der Waals surface area contributed by atoms with Crippen molar-refractivity contribution >= 4 is 44.1 Å². The second-order valence-corrected chi connectivity index (χ2v) is 10.3. The average Bonchev–Trinajstić information content (AvgIpc) is 3.44. The molecular weight excluding hydrogens is 500 g/mol. The van der Waals surface area contributed by atoms with Crippen molar-refractivity contribution in [2.45, 2.75) is 33.2 Å². The molecule has 1 atom stereocenters. The lowest BCUT2D eigenvalue weighted by Crippen LogP contribution is -2.29. The first-order valence-electron chi connectivity index (χ1n) is 12.4. The number of aromatic nitrogens is 1. The Morgan fingerprint density at radius 2 is 1.89 bits per heavy atom. The third kappa shape index (κ3) is 4.52. The van der Waals surface area contributed by atoms with Gasteiger partial charge in [0.2, 0.25) is 0 Å². The molecule has 0 bridgehead atoms. The number of fused-ring (bicyclic) bond motifs is 1. The van der Waals surface area contributed by atoms with Crippen molar-refractivity contribution in [3.05, 3.63) is 88.5 Å². The summed E-state index contributed by atoms with van der Waals surface area (Å²) in [7, 11) is 1.57. The van der Waals surface area contributed by atoms with Gasteiger partial charge in [0.15, 0.2) is 5.13 Å². The second kappa shape index (κ2) is 10.3. The maximum absolute atomic E-state index is 13.6. The molecule has 1 fully saturated rings. The summed E-state index contributed by atoms with van der Waals surface area (Å²) in [6, 6.07) is 17.4. The van der Waals surface area contributed by atoms with Gasteiger partial charge in [0.25, 0.3) is 5.78 Å². The van der Waals surface area contributed by atoms with Crippen molar-refractivity contribution in [2.75, 3.05) is 18.6 Å². The van der Waals surface area contributed by atoms with Crippen molar-refractivity contribution in [2.24, 2.45) is 0 Å². The van der Waals surface area contributed by atoms with Gasteiger partial charge in [-0.3, -0.25) is 14.5 Å². The van der Waals surface area contributed by atoms with Gasteiger partial charge in [0.1, 0.15) is 17.3 Å². The molecule has 1 N–H and O–H groups in total. The van der Waals surface area contributed by atoms with Gasteiger partial charge in [-0.1, -0.05) is 36.5 Å². The zero-order valence-corrected chi connectivity index (χ0v) is 22.5. The zero-order chi connectivity index (χ0) is 27.0. The van der Waals surface area contributed by atoms with Gasteiger partial charge in [0.05, 0.1) is 35.5 Å². The maximum atomic E-state index is 13.6. The number of aryl methyl sites for hydroxylation is 2. The third-order valence-electron chi connectivity index (χ3n) is 6.50. The highest BCUT2D eigenvalue weighted by Gasteiger charge is 2.48. The summed E-state index contributed by atoms with van der Waals surface area (Å²) in [4.78, 5) is 33.2.